The molecular weight excluding hydrogens is 409 g/mol. The summed E-state index contributed by atoms with van der Waals surface area (Å²) in [6.07, 6.45) is 1.47. The molecule has 2 N–H and O–H groups in total. The van der Waals surface area contributed by atoms with Crippen molar-refractivity contribution in [1.82, 2.24) is 25.1 Å². The largest absolute Gasteiger partial charge is 0.419 e. The Morgan fingerprint density at radius 3 is 2.68 bits per heavy atom. The zero-order valence-corrected chi connectivity index (χ0v) is 16.8. The summed E-state index contributed by atoms with van der Waals surface area (Å²) in [7, 11) is 0. The molecule has 1 fully saturated rings. The van der Waals surface area contributed by atoms with E-state index in [1.54, 1.807) is 25.1 Å². The number of aryl methyl sites for hydroxylation is 1. The Balaban J connectivity index is 1.70. The third-order valence-electron chi connectivity index (χ3n) is 5.23. The number of benzene rings is 1. The van der Waals surface area contributed by atoms with E-state index in [2.05, 4.69) is 25.7 Å². The first-order valence-corrected chi connectivity index (χ1v) is 9.88. The molecule has 0 aliphatic carbocycles. The number of hydrogen-bond acceptors (Lipinski definition) is 6. The summed E-state index contributed by atoms with van der Waals surface area (Å²) in [5.41, 5.74) is 1.02. The molecule has 31 heavy (non-hydrogen) atoms. The molecule has 0 radical (unpaired) electrons. The van der Waals surface area contributed by atoms with Gasteiger partial charge in [-0.15, -0.1) is 0 Å². The molecular formula is C21H21F3N6O. The number of aromatic nitrogens is 4. The van der Waals surface area contributed by atoms with E-state index in [-0.39, 0.29) is 23.2 Å². The van der Waals surface area contributed by atoms with Gasteiger partial charge in [0.05, 0.1) is 17.6 Å². The lowest BCUT2D eigenvalue weighted by atomic mass is 10.1. The molecule has 4 rings (SSSR count). The number of carbonyl (C=O) groups excluding carboxylic acids is 1. The summed E-state index contributed by atoms with van der Waals surface area (Å²) >= 11 is 0. The van der Waals surface area contributed by atoms with E-state index in [0.717, 1.165) is 44.0 Å². The maximum Gasteiger partial charge on any atom is 0.419 e. The highest BCUT2D eigenvalue weighted by Crippen LogP contribution is 2.36. The summed E-state index contributed by atoms with van der Waals surface area (Å²) in [5.74, 6) is 0.161. The Hall–Kier alpha value is -3.27. The highest BCUT2D eigenvalue weighted by molar-refractivity contribution is 5.76. The Bertz CT molecular complexity index is 1090. The number of carbonyl (C=O) groups is 1. The fraction of sp³-hybridized carbons (Fsp3) is 0.333. The molecule has 0 saturated carbocycles. The summed E-state index contributed by atoms with van der Waals surface area (Å²) in [5, 5.41) is 10.6. The van der Waals surface area contributed by atoms with Crippen LogP contribution in [0, 0.1) is 6.92 Å². The first-order chi connectivity index (χ1) is 14.8. The van der Waals surface area contributed by atoms with Gasteiger partial charge in [0.25, 0.3) is 0 Å². The van der Waals surface area contributed by atoms with Gasteiger partial charge in [-0.3, -0.25) is 4.79 Å². The Kier molecular flexibility index (Phi) is 5.73. The smallest absolute Gasteiger partial charge is 0.351 e. The predicted molar refractivity (Wildman–Crippen MR) is 109 cm³/mol. The second kappa shape index (κ2) is 8.46. The van der Waals surface area contributed by atoms with Crippen LogP contribution in [0.3, 0.4) is 0 Å². The molecule has 0 amide bonds. The van der Waals surface area contributed by atoms with Crippen molar-refractivity contribution in [1.29, 1.82) is 0 Å². The molecule has 3 aromatic rings. The molecule has 1 saturated heterocycles. The van der Waals surface area contributed by atoms with Gasteiger partial charge < -0.3 is 10.6 Å². The van der Waals surface area contributed by atoms with Crippen LogP contribution in [-0.2, 0) is 6.18 Å². The quantitative estimate of drug-likeness (QED) is 0.602. The maximum atomic E-state index is 13.6. The van der Waals surface area contributed by atoms with Gasteiger partial charge in [0, 0.05) is 29.6 Å². The number of anilines is 1. The van der Waals surface area contributed by atoms with Crippen LogP contribution in [0.25, 0.3) is 16.9 Å². The van der Waals surface area contributed by atoms with Crippen molar-refractivity contribution in [2.75, 3.05) is 18.4 Å². The number of nitrogens with zero attached hydrogens (tertiary/aromatic N) is 4. The third kappa shape index (κ3) is 4.58. The van der Waals surface area contributed by atoms with Gasteiger partial charge in [0.15, 0.2) is 0 Å². The van der Waals surface area contributed by atoms with Crippen LogP contribution in [-0.4, -0.2) is 45.2 Å². The number of halogens is 3. The lowest BCUT2D eigenvalue weighted by molar-refractivity contribution is -0.137. The third-order valence-corrected chi connectivity index (χ3v) is 5.23. The lowest BCUT2D eigenvalue weighted by Gasteiger charge is -2.24. The van der Waals surface area contributed by atoms with Crippen molar-refractivity contribution in [2.24, 2.45) is 0 Å². The minimum absolute atomic E-state index is 0.104. The molecule has 10 heteroatoms. The Labute approximate surface area is 176 Å². The molecule has 0 atom stereocenters. The lowest BCUT2D eigenvalue weighted by Crippen LogP contribution is -2.35. The van der Waals surface area contributed by atoms with E-state index < -0.39 is 11.7 Å². The van der Waals surface area contributed by atoms with Crippen LogP contribution >= 0.6 is 0 Å². The number of aldehydes is 1. The molecule has 1 aliphatic heterocycles. The first kappa shape index (κ1) is 21.0. The summed E-state index contributed by atoms with van der Waals surface area (Å²) < 4.78 is 42.4. The van der Waals surface area contributed by atoms with E-state index >= 15 is 0 Å². The van der Waals surface area contributed by atoms with Gasteiger partial charge in [-0.05, 0) is 56.6 Å². The number of piperidine rings is 1. The SMILES string of the molecule is Cc1cc(C=O)ccc1-n1cc(-c2nc(NC3CCNCC3)ncc2C(F)(F)F)cn1. The number of alkyl halides is 3. The van der Waals surface area contributed by atoms with Crippen LogP contribution in [0.5, 0.6) is 0 Å². The molecule has 0 bridgehead atoms. The molecule has 7 nitrogen and oxygen atoms in total. The molecule has 0 spiro atoms. The van der Waals surface area contributed by atoms with Crippen molar-refractivity contribution >= 4 is 12.2 Å². The van der Waals surface area contributed by atoms with Crippen LogP contribution in [0.1, 0.15) is 34.3 Å². The van der Waals surface area contributed by atoms with Gasteiger partial charge in [-0.1, -0.05) is 0 Å². The van der Waals surface area contributed by atoms with Crippen LogP contribution in [0.4, 0.5) is 19.1 Å². The fourth-order valence-corrected chi connectivity index (χ4v) is 3.61. The van der Waals surface area contributed by atoms with Gasteiger partial charge in [-0.25, -0.2) is 14.6 Å². The molecule has 2 aromatic heterocycles. The Morgan fingerprint density at radius 2 is 2.00 bits per heavy atom. The zero-order chi connectivity index (χ0) is 22.0. The highest BCUT2D eigenvalue weighted by atomic mass is 19.4. The van der Waals surface area contributed by atoms with Gasteiger partial charge in [0.2, 0.25) is 5.95 Å². The fourth-order valence-electron chi connectivity index (χ4n) is 3.61. The van der Waals surface area contributed by atoms with Crippen LogP contribution in [0.2, 0.25) is 0 Å². The number of nitrogens with one attached hydrogen (secondary N) is 2. The van der Waals surface area contributed by atoms with E-state index in [4.69, 9.17) is 0 Å². The molecule has 3 heterocycles. The second-order valence-corrected chi connectivity index (χ2v) is 7.46. The summed E-state index contributed by atoms with van der Waals surface area (Å²) in [4.78, 5) is 19.0. The molecule has 162 valence electrons. The topological polar surface area (TPSA) is 84.7 Å². The monoisotopic (exact) mass is 430 g/mol. The number of rotatable bonds is 5. The first-order valence-electron chi connectivity index (χ1n) is 9.88. The average molecular weight is 430 g/mol. The minimum atomic E-state index is -4.60. The van der Waals surface area contributed by atoms with Crippen LogP contribution in [0.15, 0.2) is 36.8 Å². The predicted octanol–water partition coefficient (Wildman–Crippen LogP) is 3.63. The summed E-state index contributed by atoms with van der Waals surface area (Å²) in [6.45, 7) is 3.47. The maximum absolute atomic E-state index is 13.6. The number of hydrogen-bond donors (Lipinski definition) is 2. The standard InChI is InChI=1S/C21H21F3N6O/c1-13-8-14(12-31)2-3-18(13)30-11-15(9-27-30)19-17(21(22,23)24)10-26-20(29-19)28-16-4-6-25-7-5-16/h2-3,8-12,16,25H,4-7H2,1H3,(H,26,28,29). The molecule has 1 aliphatic rings. The van der Waals surface area contributed by atoms with Crippen molar-refractivity contribution < 1.29 is 18.0 Å². The van der Waals surface area contributed by atoms with Crippen molar-refractivity contribution in [3.05, 3.63) is 53.5 Å². The van der Waals surface area contributed by atoms with E-state index in [9.17, 15) is 18.0 Å². The second-order valence-electron chi connectivity index (χ2n) is 7.46. The van der Waals surface area contributed by atoms with Crippen LogP contribution < -0.4 is 10.6 Å². The van der Waals surface area contributed by atoms with Crippen molar-refractivity contribution in [3.8, 4) is 16.9 Å². The van der Waals surface area contributed by atoms with Gasteiger partial charge in [-0.2, -0.15) is 18.3 Å². The Morgan fingerprint density at radius 1 is 1.23 bits per heavy atom. The summed E-state index contributed by atoms with van der Waals surface area (Å²) in [6, 6.07) is 5.12. The highest BCUT2D eigenvalue weighted by Gasteiger charge is 2.36. The van der Waals surface area contributed by atoms with Gasteiger partial charge >= 0.3 is 6.18 Å². The van der Waals surface area contributed by atoms with E-state index in [1.807, 2.05) is 0 Å². The van der Waals surface area contributed by atoms with E-state index in [1.165, 1.54) is 17.1 Å². The average Bonchev–Trinajstić information content (AvgIpc) is 3.23. The van der Waals surface area contributed by atoms with Gasteiger partial charge in [0.1, 0.15) is 11.8 Å². The normalized spacial score (nSPS) is 15.1. The molecule has 0 unspecified atom stereocenters. The minimum Gasteiger partial charge on any atom is -0.351 e. The molecule has 1 aromatic carbocycles. The van der Waals surface area contributed by atoms with E-state index in [0.29, 0.717) is 11.3 Å². The zero-order valence-electron chi connectivity index (χ0n) is 16.8. The van der Waals surface area contributed by atoms with Crippen molar-refractivity contribution in [2.45, 2.75) is 32.0 Å². The van der Waals surface area contributed by atoms with Crippen molar-refractivity contribution in [3.63, 3.8) is 0 Å².